The van der Waals surface area contributed by atoms with Crippen LogP contribution in [0.3, 0.4) is 0 Å². The number of hydrogen-bond acceptors (Lipinski definition) is 5. The Balaban J connectivity index is 1.75. The normalized spacial score (nSPS) is 11.1. The van der Waals surface area contributed by atoms with Gasteiger partial charge in [-0.25, -0.2) is 0 Å². The molecule has 6 heteroatoms. The summed E-state index contributed by atoms with van der Waals surface area (Å²) in [7, 11) is 1.53. The monoisotopic (exact) mass is 420 g/mol. The number of aromatic nitrogens is 3. The van der Waals surface area contributed by atoms with E-state index in [1.54, 1.807) is 47.4 Å². The van der Waals surface area contributed by atoms with Gasteiger partial charge in [0.15, 0.2) is 0 Å². The predicted molar refractivity (Wildman–Crippen MR) is 122 cm³/mol. The molecule has 0 aliphatic rings. The predicted octanol–water partition coefficient (Wildman–Crippen LogP) is 4.79. The lowest BCUT2D eigenvalue weighted by atomic mass is 10.0. The summed E-state index contributed by atoms with van der Waals surface area (Å²) >= 11 is 0. The van der Waals surface area contributed by atoms with E-state index in [-0.39, 0.29) is 11.4 Å². The zero-order valence-corrected chi connectivity index (χ0v) is 17.5. The fourth-order valence-electron chi connectivity index (χ4n) is 3.34. The first-order valence-corrected chi connectivity index (χ1v) is 10.0. The second kappa shape index (κ2) is 9.54. The minimum Gasteiger partial charge on any atom is -0.497 e. The highest BCUT2D eigenvalue weighted by molar-refractivity contribution is 6.14. The van der Waals surface area contributed by atoms with E-state index in [0.29, 0.717) is 29.1 Å². The summed E-state index contributed by atoms with van der Waals surface area (Å²) in [6.07, 6.45) is 6.82. The van der Waals surface area contributed by atoms with Crippen molar-refractivity contribution in [3.05, 3.63) is 108 Å². The zero-order chi connectivity index (χ0) is 22.3. The van der Waals surface area contributed by atoms with Crippen LogP contribution in [-0.2, 0) is 6.54 Å². The van der Waals surface area contributed by atoms with Crippen LogP contribution in [0.15, 0.2) is 90.9 Å². The lowest BCUT2D eigenvalue weighted by Crippen LogP contribution is -2.02. The van der Waals surface area contributed by atoms with E-state index in [4.69, 9.17) is 9.84 Å². The molecule has 0 saturated carbocycles. The van der Waals surface area contributed by atoms with Gasteiger partial charge in [-0.3, -0.25) is 14.5 Å². The number of pyridine rings is 1. The molecule has 2 aromatic carbocycles. The number of Topliss-reactive ketones (excluding diaryl/α,β-unsaturated/α-hetero) is 1. The Morgan fingerprint density at radius 1 is 1.12 bits per heavy atom. The van der Waals surface area contributed by atoms with Gasteiger partial charge < -0.3 is 4.74 Å². The molecule has 0 aliphatic heterocycles. The Morgan fingerprint density at radius 3 is 2.69 bits per heavy atom. The maximum atomic E-state index is 13.0. The molecule has 6 nitrogen and oxygen atoms in total. The van der Waals surface area contributed by atoms with Crippen molar-refractivity contribution in [3.63, 3.8) is 0 Å². The molecule has 4 aromatic rings. The summed E-state index contributed by atoms with van der Waals surface area (Å²) in [5.74, 6) is 0.180. The molecule has 0 bridgehead atoms. The molecular formula is C26H20N4O2. The van der Waals surface area contributed by atoms with Crippen LogP contribution < -0.4 is 4.74 Å². The summed E-state index contributed by atoms with van der Waals surface area (Å²) in [5, 5.41) is 14.5. The number of methoxy groups -OCH3 is 1. The number of benzene rings is 2. The van der Waals surface area contributed by atoms with E-state index in [0.717, 1.165) is 11.1 Å². The van der Waals surface area contributed by atoms with Crippen molar-refractivity contribution >= 4 is 11.9 Å². The third-order valence-corrected chi connectivity index (χ3v) is 4.91. The number of rotatable bonds is 7. The molecule has 2 aromatic heterocycles. The summed E-state index contributed by atoms with van der Waals surface area (Å²) < 4.78 is 7.00. The average Bonchev–Trinajstić information content (AvgIpc) is 3.25. The molecule has 32 heavy (non-hydrogen) atoms. The lowest BCUT2D eigenvalue weighted by Gasteiger charge is -2.03. The van der Waals surface area contributed by atoms with Crippen molar-refractivity contribution in [2.75, 3.05) is 7.11 Å². The third kappa shape index (κ3) is 4.63. The van der Waals surface area contributed by atoms with Crippen molar-refractivity contribution in [2.45, 2.75) is 6.54 Å². The van der Waals surface area contributed by atoms with Crippen molar-refractivity contribution in [1.29, 1.82) is 5.26 Å². The molecule has 0 radical (unpaired) electrons. The molecule has 156 valence electrons. The van der Waals surface area contributed by atoms with Crippen LogP contribution in [0, 0.1) is 11.3 Å². The number of nitrogens with zero attached hydrogens (tertiary/aromatic N) is 4. The van der Waals surface area contributed by atoms with Gasteiger partial charge in [-0.15, -0.1) is 0 Å². The van der Waals surface area contributed by atoms with Gasteiger partial charge in [0.2, 0.25) is 5.78 Å². The summed E-state index contributed by atoms with van der Waals surface area (Å²) in [5.41, 5.74) is 3.62. The van der Waals surface area contributed by atoms with Crippen LogP contribution in [0.25, 0.3) is 17.3 Å². The van der Waals surface area contributed by atoms with Crippen LogP contribution in [-0.4, -0.2) is 27.7 Å². The molecular weight excluding hydrogens is 400 g/mol. The minimum atomic E-state index is -0.376. The maximum Gasteiger partial charge on any atom is 0.203 e. The van der Waals surface area contributed by atoms with Gasteiger partial charge in [-0.05, 0) is 35.9 Å². The van der Waals surface area contributed by atoms with Crippen molar-refractivity contribution in [2.24, 2.45) is 0 Å². The number of carbonyl (C=O) groups excluding carboxylic acids is 1. The van der Waals surface area contributed by atoms with E-state index in [1.807, 2.05) is 54.7 Å². The van der Waals surface area contributed by atoms with E-state index in [9.17, 15) is 10.1 Å². The standard InChI is InChI=1S/C26H20N4O2/c1-32-24-11-5-9-20(14-24)26(31)22(15-27)13-23-18-30(17-19-7-3-2-4-8-19)29-25(23)21-10-6-12-28-16-21/h2-14,16,18H,17H2,1H3/b22-13+. The average molecular weight is 420 g/mol. The minimum absolute atomic E-state index is 0.0163. The second-order valence-corrected chi connectivity index (χ2v) is 7.09. The molecule has 0 unspecified atom stereocenters. The fourth-order valence-corrected chi connectivity index (χ4v) is 3.34. The number of nitriles is 1. The van der Waals surface area contributed by atoms with E-state index in [1.165, 1.54) is 7.11 Å². The van der Waals surface area contributed by atoms with Gasteiger partial charge >= 0.3 is 0 Å². The van der Waals surface area contributed by atoms with Crippen molar-refractivity contribution in [3.8, 4) is 23.1 Å². The molecule has 2 heterocycles. The lowest BCUT2D eigenvalue weighted by molar-refractivity contribution is 0.103. The van der Waals surface area contributed by atoms with Crippen molar-refractivity contribution in [1.82, 2.24) is 14.8 Å². The molecule has 0 N–H and O–H groups in total. The molecule has 0 amide bonds. The summed E-state index contributed by atoms with van der Waals surface area (Å²) in [4.78, 5) is 17.2. The Hall–Kier alpha value is -4.50. The van der Waals surface area contributed by atoms with Crippen molar-refractivity contribution < 1.29 is 9.53 Å². The highest BCUT2D eigenvalue weighted by atomic mass is 16.5. The summed E-state index contributed by atoms with van der Waals surface area (Å²) in [6, 6.07) is 22.5. The first-order valence-electron chi connectivity index (χ1n) is 10.0. The first-order chi connectivity index (χ1) is 15.7. The highest BCUT2D eigenvalue weighted by Crippen LogP contribution is 2.25. The van der Waals surface area contributed by atoms with Crippen LogP contribution in [0.1, 0.15) is 21.5 Å². The Morgan fingerprint density at radius 2 is 1.97 bits per heavy atom. The fraction of sp³-hybridized carbons (Fsp3) is 0.0769. The van der Waals surface area contributed by atoms with Crippen LogP contribution >= 0.6 is 0 Å². The molecule has 0 saturated heterocycles. The van der Waals surface area contributed by atoms with Gasteiger partial charge in [-0.1, -0.05) is 42.5 Å². The van der Waals surface area contributed by atoms with E-state index < -0.39 is 0 Å². The number of allylic oxidation sites excluding steroid dienone is 1. The van der Waals surface area contributed by atoms with Crippen LogP contribution in [0.2, 0.25) is 0 Å². The van der Waals surface area contributed by atoms with Crippen LogP contribution in [0.5, 0.6) is 5.75 Å². The van der Waals surface area contributed by atoms with Gasteiger partial charge in [0, 0.05) is 35.3 Å². The van der Waals surface area contributed by atoms with Gasteiger partial charge in [0.05, 0.1) is 13.7 Å². The maximum absolute atomic E-state index is 13.0. The molecule has 4 rings (SSSR count). The van der Waals surface area contributed by atoms with Crippen LogP contribution in [0.4, 0.5) is 0 Å². The summed E-state index contributed by atoms with van der Waals surface area (Å²) in [6.45, 7) is 0.563. The largest absolute Gasteiger partial charge is 0.497 e. The smallest absolute Gasteiger partial charge is 0.203 e. The number of ketones is 1. The number of hydrogen-bond donors (Lipinski definition) is 0. The van der Waals surface area contributed by atoms with E-state index >= 15 is 0 Å². The quantitative estimate of drug-likeness (QED) is 0.244. The topological polar surface area (TPSA) is 80.8 Å². The molecule has 0 spiro atoms. The Kier molecular flexibility index (Phi) is 6.19. The van der Waals surface area contributed by atoms with E-state index in [2.05, 4.69) is 4.98 Å². The second-order valence-electron chi connectivity index (χ2n) is 7.09. The Bertz CT molecular complexity index is 1300. The SMILES string of the molecule is COc1cccc(C(=O)/C(C#N)=C/c2cn(Cc3ccccc3)nc2-c2cccnc2)c1. The first kappa shape index (κ1) is 20.8. The van der Waals surface area contributed by atoms with Gasteiger partial charge in [0.25, 0.3) is 0 Å². The molecule has 0 fully saturated rings. The van der Waals surface area contributed by atoms with Gasteiger partial charge in [-0.2, -0.15) is 10.4 Å². The molecule has 0 atom stereocenters. The molecule has 0 aliphatic carbocycles. The number of carbonyl (C=O) groups is 1. The number of ether oxygens (including phenoxy) is 1. The highest BCUT2D eigenvalue weighted by Gasteiger charge is 2.16. The zero-order valence-electron chi connectivity index (χ0n) is 17.5. The van der Waals surface area contributed by atoms with Gasteiger partial charge in [0.1, 0.15) is 23.1 Å². The Labute approximate surface area is 186 Å². The third-order valence-electron chi connectivity index (χ3n) is 4.91.